The smallest absolute Gasteiger partial charge is 0.173 e. The van der Waals surface area contributed by atoms with Gasteiger partial charge in [-0.15, -0.1) is 11.3 Å². The summed E-state index contributed by atoms with van der Waals surface area (Å²) in [6.45, 7) is 1.16. The maximum atomic E-state index is 12.8. The first-order valence-corrected chi connectivity index (χ1v) is 9.81. The van der Waals surface area contributed by atoms with Gasteiger partial charge in [-0.2, -0.15) is 0 Å². The Morgan fingerprint density at radius 3 is 3.12 bits per heavy atom. The van der Waals surface area contributed by atoms with Crippen molar-refractivity contribution in [1.29, 1.82) is 0 Å². The van der Waals surface area contributed by atoms with Crippen LogP contribution in [-0.2, 0) is 6.42 Å². The molecule has 5 heteroatoms. The Hall–Kier alpha value is -1.98. The lowest BCUT2D eigenvalue weighted by molar-refractivity contribution is 0.0973. The Labute approximate surface area is 151 Å². The molecule has 3 aromatic heterocycles. The molecule has 0 saturated carbocycles. The van der Waals surface area contributed by atoms with Crippen molar-refractivity contribution in [3.05, 3.63) is 52.0 Å². The summed E-state index contributed by atoms with van der Waals surface area (Å²) in [5.41, 5.74) is 3.27. The highest BCUT2D eigenvalue weighted by Crippen LogP contribution is 2.27. The molecule has 3 aromatic rings. The number of hydrogen-bond donors (Lipinski definition) is 1. The molecule has 1 aliphatic rings. The van der Waals surface area contributed by atoms with E-state index in [0.717, 1.165) is 40.9 Å². The van der Waals surface area contributed by atoms with E-state index >= 15 is 0 Å². The molecule has 0 bridgehead atoms. The number of aromatic nitrogens is 2. The van der Waals surface area contributed by atoms with Crippen LogP contribution in [0.1, 0.15) is 46.5 Å². The van der Waals surface area contributed by atoms with Crippen LogP contribution >= 0.6 is 11.3 Å². The fraction of sp³-hybridized carbons (Fsp3) is 0.400. The van der Waals surface area contributed by atoms with Crippen molar-refractivity contribution in [2.45, 2.75) is 38.1 Å². The number of aromatic amines is 1. The van der Waals surface area contributed by atoms with E-state index in [0.29, 0.717) is 18.2 Å². The van der Waals surface area contributed by atoms with Gasteiger partial charge in [0.15, 0.2) is 5.78 Å². The lowest BCUT2D eigenvalue weighted by Crippen LogP contribution is -2.25. The van der Waals surface area contributed by atoms with E-state index in [2.05, 4.69) is 40.1 Å². The van der Waals surface area contributed by atoms with Gasteiger partial charge in [0.05, 0.1) is 4.88 Å². The molecular formula is C20H23N3OS. The second-order valence-corrected chi connectivity index (χ2v) is 7.82. The van der Waals surface area contributed by atoms with Crippen molar-refractivity contribution in [2.75, 3.05) is 13.6 Å². The molecule has 1 saturated heterocycles. The SMILES string of the molecule is CN1CCC[C@@H]1CCC(=O)c1sccc1Cc1ccnc2[nH]ccc12. The molecule has 0 spiro atoms. The minimum atomic E-state index is 0.296. The van der Waals surface area contributed by atoms with Gasteiger partial charge >= 0.3 is 0 Å². The number of nitrogens with zero attached hydrogens (tertiary/aromatic N) is 2. The second-order valence-electron chi connectivity index (χ2n) is 6.90. The number of nitrogens with one attached hydrogen (secondary N) is 1. The summed E-state index contributed by atoms with van der Waals surface area (Å²) in [6.07, 6.45) is 8.64. The van der Waals surface area contributed by atoms with Crippen LogP contribution in [0.15, 0.2) is 36.0 Å². The average Bonchev–Trinajstić information content (AvgIpc) is 3.33. The number of H-pyrrole nitrogens is 1. The van der Waals surface area contributed by atoms with Crippen LogP contribution in [0.4, 0.5) is 0 Å². The number of ketones is 1. The van der Waals surface area contributed by atoms with Crippen molar-refractivity contribution in [2.24, 2.45) is 0 Å². The van der Waals surface area contributed by atoms with Crippen LogP contribution in [0.25, 0.3) is 11.0 Å². The lowest BCUT2D eigenvalue weighted by Gasteiger charge is -2.18. The number of thiophene rings is 1. The van der Waals surface area contributed by atoms with Crippen molar-refractivity contribution < 1.29 is 4.79 Å². The highest BCUT2D eigenvalue weighted by atomic mass is 32.1. The Morgan fingerprint density at radius 2 is 2.28 bits per heavy atom. The first-order chi connectivity index (χ1) is 12.2. The summed E-state index contributed by atoms with van der Waals surface area (Å²) in [5.74, 6) is 0.296. The van der Waals surface area contributed by atoms with Crippen LogP contribution < -0.4 is 0 Å². The van der Waals surface area contributed by atoms with Crippen LogP contribution in [0.5, 0.6) is 0 Å². The van der Waals surface area contributed by atoms with Crippen LogP contribution in [-0.4, -0.2) is 40.3 Å². The highest BCUT2D eigenvalue weighted by molar-refractivity contribution is 7.12. The van der Waals surface area contributed by atoms with E-state index in [9.17, 15) is 4.79 Å². The van der Waals surface area contributed by atoms with E-state index in [4.69, 9.17) is 0 Å². The predicted octanol–water partition coefficient (Wildman–Crippen LogP) is 4.27. The molecule has 0 unspecified atom stereocenters. The molecule has 1 atom stereocenters. The van der Waals surface area contributed by atoms with Gasteiger partial charge in [0.25, 0.3) is 0 Å². The minimum absolute atomic E-state index is 0.296. The number of carbonyl (C=O) groups excluding carboxylic acids is 1. The monoisotopic (exact) mass is 353 g/mol. The molecule has 0 aromatic carbocycles. The maximum absolute atomic E-state index is 12.8. The Kier molecular flexibility index (Phi) is 4.68. The molecule has 4 rings (SSSR count). The Balaban J connectivity index is 1.48. The average molecular weight is 353 g/mol. The fourth-order valence-electron chi connectivity index (χ4n) is 3.85. The number of fused-ring (bicyclic) bond motifs is 1. The third-order valence-corrected chi connectivity index (χ3v) is 6.31. The topological polar surface area (TPSA) is 49.0 Å². The standard InChI is InChI=1S/C20H23N3OS/c1-23-11-2-3-16(23)4-5-18(24)19-15(8-12-25-19)13-14-6-9-21-20-17(14)7-10-22-20/h6-10,12,16H,2-5,11,13H2,1H3,(H,21,22)/t16-/m1/s1. The molecule has 1 aliphatic heterocycles. The van der Waals surface area contributed by atoms with Gasteiger partial charge < -0.3 is 9.88 Å². The lowest BCUT2D eigenvalue weighted by atomic mass is 10.0. The zero-order valence-electron chi connectivity index (χ0n) is 14.5. The van der Waals surface area contributed by atoms with Crippen molar-refractivity contribution in [3.8, 4) is 0 Å². The summed E-state index contributed by atoms with van der Waals surface area (Å²) in [7, 11) is 2.17. The number of Topliss-reactive ketones (excluding diaryl/α,β-unsaturated/α-hetero) is 1. The molecule has 4 heterocycles. The number of hydrogen-bond acceptors (Lipinski definition) is 4. The van der Waals surface area contributed by atoms with Crippen molar-refractivity contribution in [3.63, 3.8) is 0 Å². The summed E-state index contributed by atoms with van der Waals surface area (Å²) in [4.78, 5) is 23.6. The Bertz CT molecular complexity index is 882. The van der Waals surface area contributed by atoms with E-state index in [1.165, 1.54) is 18.4 Å². The third-order valence-electron chi connectivity index (χ3n) is 5.31. The number of carbonyl (C=O) groups is 1. The van der Waals surface area contributed by atoms with E-state index in [-0.39, 0.29) is 0 Å². The quantitative estimate of drug-likeness (QED) is 0.673. The van der Waals surface area contributed by atoms with Crippen LogP contribution in [0.3, 0.4) is 0 Å². The van der Waals surface area contributed by atoms with Gasteiger partial charge in [-0.1, -0.05) is 0 Å². The van der Waals surface area contributed by atoms with Gasteiger partial charge in [0, 0.05) is 30.2 Å². The first-order valence-electron chi connectivity index (χ1n) is 8.93. The Morgan fingerprint density at radius 1 is 1.36 bits per heavy atom. The molecule has 1 N–H and O–H groups in total. The fourth-order valence-corrected chi connectivity index (χ4v) is 4.75. The molecule has 25 heavy (non-hydrogen) atoms. The summed E-state index contributed by atoms with van der Waals surface area (Å²) in [5, 5.41) is 3.18. The van der Waals surface area contributed by atoms with Crippen LogP contribution in [0, 0.1) is 0 Å². The summed E-state index contributed by atoms with van der Waals surface area (Å²) in [6, 6.07) is 6.78. The largest absolute Gasteiger partial charge is 0.346 e. The van der Waals surface area contributed by atoms with Crippen LogP contribution in [0.2, 0.25) is 0 Å². The number of pyridine rings is 1. The van der Waals surface area contributed by atoms with Gasteiger partial charge in [-0.05, 0) is 74.0 Å². The van der Waals surface area contributed by atoms with E-state index in [1.807, 2.05) is 17.8 Å². The summed E-state index contributed by atoms with van der Waals surface area (Å²) >= 11 is 1.58. The van der Waals surface area contributed by atoms with E-state index < -0.39 is 0 Å². The number of rotatable bonds is 6. The van der Waals surface area contributed by atoms with Gasteiger partial charge in [-0.3, -0.25) is 4.79 Å². The van der Waals surface area contributed by atoms with Gasteiger partial charge in [0.1, 0.15) is 5.65 Å². The first kappa shape index (κ1) is 16.5. The highest BCUT2D eigenvalue weighted by Gasteiger charge is 2.22. The maximum Gasteiger partial charge on any atom is 0.173 e. The van der Waals surface area contributed by atoms with Gasteiger partial charge in [0.2, 0.25) is 0 Å². The predicted molar refractivity (Wildman–Crippen MR) is 102 cm³/mol. The van der Waals surface area contributed by atoms with Crippen molar-refractivity contribution in [1.82, 2.24) is 14.9 Å². The zero-order chi connectivity index (χ0) is 17.2. The van der Waals surface area contributed by atoms with Crippen molar-refractivity contribution >= 4 is 28.2 Å². The molecular weight excluding hydrogens is 330 g/mol. The molecule has 0 amide bonds. The molecule has 1 fully saturated rings. The normalized spacial score (nSPS) is 18.2. The molecule has 0 aliphatic carbocycles. The third kappa shape index (κ3) is 3.39. The van der Waals surface area contributed by atoms with Gasteiger partial charge in [-0.25, -0.2) is 4.98 Å². The molecule has 4 nitrogen and oxygen atoms in total. The molecule has 130 valence electrons. The minimum Gasteiger partial charge on any atom is -0.346 e. The second kappa shape index (κ2) is 7.10. The summed E-state index contributed by atoms with van der Waals surface area (Å²) < 4.78 is 0. The molecule has 0 radical (unpaired) electrons. The number of likely N-dealkylation sites (tertiary alicyclic amines) is 1. The van der Waals surface area contributed by atoms with E-state index in [1.54, 1.807) is 11.3 Å². The zero-order valence-corrected chi connectivity index (χ0v) is 15.3.